The van der Waals surface area contributed by atoms with E-state index in [0.29, 0.717) is 13.0 Å². The molecule has 0 aliphatic rings. The topological polar surface area (TPSA) is 77.8 Å². The molecule has 3 aromatic rings. The number of carbonyl (C=O) groups is 1. The van der Waals surface area contributed by atoms with Gasteiger partial charge < -0.3 is 10.3 Å². The van der Waals surface area contributed by atoms with Crippen LogP contribution in [0.25, 0.3) is 10.9 Å². The van der Waals surface area contributed by atoms with Gasteiger partial charge in [0.2, 0.25) is 0 Å². The van der Waals surface area contributed by atoms with Gasteiger partial charge in [-0.1, -0.05) is 41.3 Å². The summed E-state index contributed by atoms with van der Waals surface area (Å²) in [5, 5.41) is 3.85. The van der Waals surface area contributed by atoms with E-state index in [0.717, 1.165) is 28.1 Å². The van der Waals surface area contributed by atoms with Gasteiger partial charge in [0, 0.05) is 24.2 Å². The number of rotatable bonds is 4. The Balaban J connectivity index is 1.62. The average molecular weight is 322 g/mol. The van der Waals surface area contributed by atoms with E-state index in [4.69, 9.17) is 11.6 Å². The van der Waals surface area contributed by atoms with Crippen LogP contribution in [0.5, 0.6) is 0 Å². The van der Waals surface area contributed by atoms with Crippen molar-refractivity contribution in [2.75, 3.05) is 6.54 Å². The maximum Gasteiger partial charge on any atom is 0.277 e. The molecule has 3 rings (SSSR count). The Labute approximate surface area is 129 Å². The van der Waals surface area contributed by atoms with Crippen molar-refractivity contribution in [1.82, 2.24) is 14.7 Å². The molecule has 0 radical (unpaired) electrons. The van der Waals surface area contributed by atoms with Gasteiger partial charge >= 0.3 is 0 Å². The van der Waals surface area contributed by atoms with E-state index in [1.807, 2.05) is 24.3 Å². The first-order chi connectivity index (χ1) is 10.1. The molecule has 108 valence electrons. The van der Waals surface area contributed by atoms with E-state index < -0.39 is 5.56 Å². The van der Waals surface area contributed by atoms with Gasteiger partial charge in [0.1, 0.15) is 9.90 Å². The van der Waals surface area contributed by atoms with Crippen molar-refractivity contribution < 1.29 is 4.79 Å². The summed E-state index contributed by atoms with van der Waals surface area (Å²) in [4.78, 5) is 26.6. The van der Waals surface area contributed by atoms with Gasteiger partial charge in [-0.05, 0) is 17.5 Å². The Morgan fingerprint density at radius 2 is 2.14 bits per heavy atom. The van der Waals surface area contributed by atoms with Crippen LogP contribution in [0.3, 0.4) is 0 Å². The highest BCUT2D eigenvalue weighted by molar-refractivity contribution is 7.08. The third-order valence-electron chi connectivity index (χ3n) is 3.12. The summed E-state index contributed by atoms with van der Waals surface area (Å²) in [6.07, 6.45) is 0.678. The molecule has 0 atom stereocenters. The molecule has 2 heterocycles. The first kappa shape index (κ1) is 13.9. The molecule has 0 bridgehead atoms. The third kappa shape index (κ3) is 2.86. The van der Waals surface area contributed by atoms with Gasteiger partial charge in [-0.2, -0.15) is 0 Å². The minimum absolute atomic E-state index is 0.0527. The summed E-state index contributed by atoms with van der Waals surface area (Å²) in [7, 11) is 0. The molecule has 5 nitrogen and oxygen atoms in total. The second kappa shape index (κ2) is 5.75. The van der Waals surface area contributed by atoms with E-state index >= 15 is 0 Å². The number of para-hydroxylation sites is 1. The quantitative estimate of drug-likeness (QED) is 0.690. The second-order valence-corrected chi connectivity index (χ2v) is 5.76. The lowest BCUT2D eigenvalue weighted by atomic mass is 10.2. The number of H-pyrrole nitrogens is 2. The zero-order valence-electron chi connectivity index (χ0n) is 10.9. The fourth-order valence-electron chi connectivity index (χ4n) is 2.10. The Morgan fingerprint density at radius 3 is 2.86 bits per heavy atom. The summed E-state index contributed by atoms with van der Waals surface area (Å²) in [6.45, 7) is 0.466. The van der Waals surface area contributed by atoms with Crippen LogP contribution in [0.4, 0.5) is 0 Å². The lowest BCUT2D eigenvalue weighted by Crippen LogP contribution is -2.25. The summed E-state index contributed by atoms with van der Waals surface area (Å²) < 4.78 is 2.43. The summed E-state index contributed by atoms with van der Waals surface area (Å²) in [5.41, 5.74) is 1.69. The average Bonchev–Trinajstić information content (AvgIpc) is 3.03. The maximum absolute atomic E-state index is 11.9. The SMILES string of the molecule is O=C(NCCc1cc2ccccc2[nH]1)c1s[nH]c(=O)c1Cl. The summed E-state index contributed by atoms with van der Waals surface area (Å²) >= 11 is 6.70. The van der Waals surface area contributed by atoms with E-state index in [1.165, 1.54) is 0 Å². The predicted molar refractivity (Wildman–Crippen MR) is 84.3 cm³/mol. The molecule has 0 aliphatic heterocycles. The van der Waals surface area contributed by atoms with E-state index in [-0.39, 0.29) is 15.8 Å². The molecule has 0 aliphatic carbocycles. The molecule has 7 heteroatoms. The minimum Gasteiger partial charge on any atom is -0.358 e. The molecule has 0 fully saturated rings. The molecule has 3 N–H and O–H groups in total. The van der Waals surface area contributed by atoms with E-state index in [1.54, 1.807) is 0 Å². The Hall–Kier alpha value is -2.05. The lowest BCUT2D eigenvalue weighted by molar-refractivity contribution is 0.0958. The molecular formula is C14H12ClN3O2S. The molecule has 0 unspecified atom stereocenters. The molecule has 0 saturated carbocycles. The van der Waals surface area contributed by atoms with Crippen LogP contribution in [-0.4, -0.2) is 21.8 Å². The van der Waals surface area contributed by atoms with Crippen LogP contribution in [0.2, 0.25) is 5.02 Å². The maximum atomic E-state index is 11.9. The van der Waals surface area contributed by atoms with Crippen LogP contribution in [0.15, 0.2) is 35.1 Å². The number of aromatic amines is 2. The number of carbonyl (C=O) groups excluding carboxylic acids is 1. The molecule has 0 spiro atoms. The molecule has 0 saturated heterocycles. The van der Waals surface area contributed by atoms with Crippen LogP contribution < -0.4 is 10.9 Å². The highest BCUT2D eigenvalue weighted by Crippen LogP contribution is 2.16. The van der Waals surface area contributed by atoms with Crippen molar-refractivity contribution in [3.8, 4) is 0 Å². The Bertz CT molecular complexity index is 816. The van der Waals surface area contributed by atoms with Crippen LogP contribution in [0.1, 0.15) is 15.4 Å². The number of hydrogen-bond donors (Lipinski definition) is 3. The first-order valence-electron chi connectivity index (χ1n) is 6.37. The van der Waals surface area contributed by atoms with Crippen molar-refractivity contribution in [1.29, 1.82) is 0 Å². The lowest BCUT2D eigenvalue weighted by Gasteiger charge is -2.02. The largest absolute Gasteiger partial charge is 0.358 e. The number of fused-ring (bicyclic) bond motifs is 1. The molecular weight excluding hydrogens is 310 g/mol. The Kier molecular flexibility index (Phi) is 3.81. The number of halogens is 1. The number of benzene rings is 1. The molecule has 2 aromatic heterocycles. The number of amides is 1. The normalized spacial score (nSPS) is 10.9. The molecule has 21 heavy (non-hydrogen) atoms. The van der Waals surface area contributed by atoms with Crippen molar-refractivity contribution in [3.05, 3.63) is 56.3 Å². The van der Waals surface area contributed by atoms with E-state index in [2.05, 4.69) is 20.7 Å². The van der Waals surface area contributed by atoms with Gasteiger partial charge in [-0.25, -0.2) is 0 Å². The van der Waals surface area contributed by atoms with Gasteiger partial charge in [0.05, 0.1) is 0 Å². The monoisotopic (exact) mass is 321 g/mol. The fourth-order valence-corrected chi connectivity index (χ4v) is 3.04. The van der Waals surface area contributed by atoms with Gasteiger partial charge in [0.15, 0.2) is 0 Å². The fraction of sp³-hybridized carbons (Fsp3) is 0.143. The van der Waals surface area contributed by atoms with Crippen molar-refractivity contribution in [3.63, 3.8) is 0 Å². The van der Waals surface area contributed by atoms with Crippen molar-refractivity contribution >= 4 is 39.9 Å². The van der Waals surface area contributed by atoms with Crippen LogP contribution in [0, 0.1) is 0 Å². The zero-order chi connectivity index (χ0) is 14.8. The van der Waals surface area contributed by atoms with Crippen LogP contribution >= 0.6 is 23.1 Å². The van der Waals surface area contributed by atoms with Crippen molar-refractivity contribution in [2.24, 2.45) is 0 Å². The molecule has 1 amide bonds. The summed E-state index contributed by atoms with van der Waals surface area (Å²) in [5.74, 6) is -0.334. The smallest absolute Gasteiger partial charge is 0.277 e. The number of aromatic nitrogens is 2. The third-order valence-corrected chi connectivity index (χ3v) is 4.47. The van der Waals surface area contributed by atoms with Crippen LogP contribution in [-0.2, 0) is 6.42 Å². The zero-order valence-corrected chi connectivity index (χ0v) is 12.5. The van der Waals surface area contributed by atoms with Gasteiger partial charge in [-0.3, -0.25) is 14.0 Å². The highest BCUT2D eigenvalue weighted by atomic mass is 35.5. The second-order valence-electron chi connectivity index (χ2n) is 4.56. The number of nitrogens with one attached hydrogen (secondary N) is 3. The minimum atomic E-state index is -0.428. The highest BCUT2D eigenvalue weighted by Gasteiger charge is 2.15. The van der Waals surface area contributed by atoms with Gasteiger partial charge in [-0.15, -0.1) is 0 Å². The first-order valence-corrected chi connectivity index (χ1v) is 7.56. The summed E-state index contributed by atoms with van der Waals surface area (Å²) in [6, 6.07) is 10.1. The van der Waals surface area contributed by atoms with E-state index in [9.17, 15) is 9.59 Å². The standard InChI is InChI=1S/C14H12ClN3O2S/c15-11-12(21-18-13(11)19)14(20)16-6-5-9-7-8-3-1-2-4-10(8)17-9/h1-4,7,17H,5-6H2,(H,16,20)(H,18,19). The molecule has 1 aromatic carbocycles. The predicted octanol–water partition coefficient (Wildman–Crippen LogP) is 2.54. The van der Waals surface area contributed by atoms with Gasteiger partial charge in [0.25, 0.3) is 11.5 Å². The van der Waals surface area contributed by atoms with Crippen molar-refractivity contribution in [2.45, 2.75) is 6.42 Å². The number of hydrogen-bond acceptors (Lipinski definition) is 3. The Morgan fingerprint density at radius 1 is 1.33 bits per heavy atom.